The molecule has 0 atom stereocenters. The van der Waals surface area contributed by atoms with Crippen molar-refractivity contribution in [3.8, 4) is 11.5 Å². The first kappa shape index (κ1) is 22.0. The molecule has 0 saturated carbocycles. The van der Waals surface area contributed by atoms with E-state index in [2.05, 4.69) is 6.92 Å². The largest absolute Gasteiger partial charge is 0.511 e. The molecule has 1 aliphatic carbocycles. The number of rotatable bonds is 9. The Morgan fingerprint density at radius 2 is 1.89 bits per heavy atom. The number of hydrogen-bond acceptors (Lipinski definition) is 5. The molecule has 1 aliphatic rings. The molecule has 1 aromatic carbocycles. The van der Waals surface area contributed by atoms with Gasteiger partial charge < -0.3 is 14.6 Å². The van der Waals surface area contributed by atoms with E-state index in [1.54, 1.807) is 14.2 Å². The lowest BCUT2D eigenvalue weighted by atomic mass is 9.75. The number of aliphatic imine (C=N–C) groups is 1. The van der Waals surface area contributed by atoms with Crippen LogP contribution < -0.4 is 9.47 Å². The lowest BCUT2D eigenvalue weighted by molar-refractivity contribution is -0.117. The normalized spacial score (nSPS) is 17.0. The Balaban J connectivity index is 2.19. The SMILES string of the molecule is CCCCC(=NCCc1ccc(OC)c(OC)c1)C1=C(O)CC(C)(C)CC1=O. The molecule has 5 nitrogen and oxygen atoms in total. The van der Waals surface area contributed by atoms with Crippen LogP contribution in [0, 0.1) is 5.41 Å². The Kier molecular flexibility index (Phi) is 7.67. The highest BCUT2D eigenvalue weighted by atomic mass is 16.5. The number of benzene rings is 1. The number of unbranched alkanes of at least 4 members (excludes halogenated alkanes) is 1. The third-order valence-corrected chi connectivity index (χ3v) is 5.06. The molecule has 2 rings (SSSR count). The minimum absolute atomic E-state index is 0.00900. The average Bonchev–Trinajstić information content (AvgIpc) is 2.63. The van der Waals surface area contributed by atoms with E-state index in [-0.39, 0.29) is 17.0 Å². The molecule has 0 unspecified atom stereocenters. The first-order chi connectivity index (χ1) is 13.3. The fourth-order valence-electron chi connectivity index (χ4n) is 3.60. The molecule has 0 bridgehead atoms. The summed E-state index contributed by atoms with van der Waals surface area (Å²) in [5, 5.41) is 10.5. The zero-order chi connectivity index (χ0) is 20.7. The van der Waals surface area contributed by atoms with Crippen LogP contribution >= 0.6 is 0 Å². The van der Waals surface area contributed by atoms with Crippen LogP contribution in [0.3, 0.4) is 0 Å². The minimum atomic E-state index is -0.194. The predicted molar refractivity (Wildman–Crippen MR) is 113 cm³/mol. The van der Waals surface area contributed by atoms with Gasteiger partial charge in [-0.25, -0.2) is 0 Å². The lowest BCUT2D eigenvalue weighted by Gasteiger charge is -2.30. The summed E-state index contributed by atoms with van der Waals surface area (Å²) in [6.07, 6.45) is 4.38. The molecule has 0 aliphatic heterocycles. The smallest absolute Gasteiger partial charge is 0.168 e. The van der Waals surface area contributed by atoms with Gasteiger partial charge in [0.05, 0.1) is 19.8 Å². The van der Waals surface area contributed by atoms with E-state index in [1.165, 1.54) is 0 Å². The minimum Gasteiger partial charge on any atom is -0.511 e. The topological polar surface area (TPSA) is 68.1 Å². The van der Waals surface area contributed by atoms with Gasteiger partial charge in [-0.3, -0.25) is 9.79 Å². The molecule has 0 saturated heterocycles. The predicted octanol–water partition coefficient (Wildman–Crippen LogP) is 5.08. The van der Waals surface area contributed by atoms with Gasteiger partial charge in [-0.2, -0.15) is 0 Å². The van der Waals surface area contributed by atoms with Crippen molar-refractivity contribution in [2.45, 2.75) is 59.3 Å². The fourth-order valence-corrected chi connectivity index (χ4v) is 3.60. The van der Waals surface area contributed by atoms with E-state index in [0.29, 0.717) is 42.9 Å². The molecule has 1 aromatic rings. The van der Waals surface area contributed by atoms with Crippen LogP contribution in [-0.4, -0.2) is 37.4 Å². The Labute approximate surface area is 168 Å². The molecular weight excluding hydrogens is 354 g/mol. The summed E-state index contributed by atoms with van der Waals surface area (Å²) >= 11 is 0. The van der Waals surface area contributed by atoms with Gasteiger partial charge in [-0.15, -0.1) is 0 Å². The van der Waals surface area contributed by atoms with Crippen molar-refractivity contribution in [2.75, 3.05) is 20.8 Å². The van der Waals surface area contributed by atoms with Crippen LogP contribution in [0.1, 0.15) is 58.4 Å². The van der Waals surface area contributed by atoms with Crippen LogP contribution in [0.5, 0.6) is 11.5 Å². The molecule has 0 spiro atoms. The second-order valence-electron chi connectivity index (χ2n) is 8.13. The van der Waals surface area contributed by atoms with Crippen LogP contribution in [0.15, 0.2) is 34.5 Å². The standard InChI is InChI=1S/C23H33NO4/c1-6-7-8-17(22-18(25)14-23(2,3)15-19(22)26)24-12-11-16-9-10-20(27-4)21(13-16)28-5/h9-10,13,25H,6-8,11-12,14-15H2,1-5H3. The highest BCUT2D eigenvalue weighted by Crippen LogP contribution is 2.36. The van der Waals surface area contributed by atoms with Crippen molar-refractivity contribution >= 4 is 11.5 Å². The number of hydrogen-bond donors (Lipinski definition) is 1. The number of Topliss-reactive ketones (excluding diaryl/α,β-unsaturated/α-hetero) is 1. The van der Waals surface area contributed by atoms with E-state index >= 15 is 0 Å². The van der Waals surface area contributed by atoms with Crippen LogP contribution in [0.2, 0.25) is 0 Å². The molecule has 0 heterocycles. The van der Waals surface area contributed by atoms with E-state index in [9.17, 15) is 9.90 Å². The molecule has 154 valence electrons. The number of ketones is 1. The van der Waals surface area contributed by atoms with Crippen LogP contribution in [0.4, 0.5) is 0 Å². The van der Waals surface area contributed by atoms with Crippen molar-refractivity contribution in [1.82, 2.24) is 0 Å². The monoisotopic (exact) mass is 387 g/mol. The maximum absolute atomic E-state index is 12.7. The van der Waals surface area contributed by atoms with Crippen molar-refractivity contribution < 1.29 is 19.4 Å². The van der Waals surface area contributed by atoms with Crippen molar-refractivity contribution in [3.63, 3.8) is 0 Å². The summed E-state index contributed by atoms with van der Waals surface area (Å²) < 4.78 is 10.6. The van der Waals surface area contributed by atoms with Gasteiger partial charge in [0.15, 0.2) is 17.3 Å². The van der Waals surface area contributed by atoms with E-state index in [4.69, 9.17) is 14.5 Å². The Bertz CT molecular complexity index is 762. The molecule has 1 N–H and O–H groups in total. The summed E-state index contributed by atoms with van der Waals surface area (Å²) in [6, 6.07) is 5.83. The maximum Gasteiger partial charge on any atom is 0.168 e. The van der Waals surface area contributed by atoms with Crippen molar-refractivity contribution in [2.24, 2.45) is 10.4 Å². The Hall–Kier alpha value is -2.30. The average molecular weight is 388 g/mol. The van der Waals surface area contributed by atoms with Crippen LogP contribution in [0.25, 0.3) is 0 Å². The number of allylic oxidation sites excluding steroid dienone is 2. The molecule has 0 amide bonds. The highest BCUT2D eigenvalue weighted by Gasteiger charge is 2.34. The van der Waals surface area contributed by atoms with E-state index in [1.807, 2.05) is 32.0 Å². The summed E-state index contributed by atoms with van der Waals surface area (Å²) in [5.74, 6) is 1.60. The van der Waals surface area contributed by atoms with E-state index in [0.717, 1.165) is 30.5 Å². The van der Waals surface area contributed by atoms with Gasteiger partial charge >= 0.3 is 0 Å². The van der Waals surface area contributed by atoms with Gasteiger partial charge in [0.1, 0.15) is 5.76 Å². The zero-order valence-electron chi connectivity index (χ0n) is 17.8. The van der Waals surface area contributed by atoms with Crippen molar-refractivity contribution in [3.05, 3.63) is 35.1 Å². The summed E-state index contributed by atoms with van der Waals surface area (Å²) in [6.45, 7) is 6.69. The van der Waals surface area contributed by atoms with Crippen LogP contribution in [-0.2, 0) is 11.2 Å². The first-order valence-electron chi connectivity index (χ1n) is 10.0. The van der Waals surface area contributed by atoms with Gasteiger partial charge in [-0.1, -0.05) is 33.3 Å². The third kappa shape index (κ3) is 5.60. The van der Waals surface area contributed by atoms with Gasteiger partial charge in [0.25, 0.3) is 0 Å². The maximum atomic E-state index is 12.7. The first-order valence-corrected chi connectivity index (χ1v) is 10.0. The van der Waals surface area contributed by atoms with E-state index < -0.39 is 0 Å². The van der Waals surface area contributed by atoms with Gasteiger partial charge in [0.2, 0.25) is 0 Å². The highest BCUT2D eigenvalue weighted by molar-refractivity contribution is 6.23. The lowest BCUT2D eigenvalue weighted by Crippen LogP contribution is -2.29. The zero-order valence-corrected chi connectivity index (χ0v) is 17.8. The molecule has 28 heavy (non-hydrogen) atoms. The molecule has 0 fully saturated rings. The third-order valence-electron chi connectivity index (χ3n) is 5.06. The van der Waals surface area contributed by atoms with Gasteiger partial charge in [0, 0.05) is 25.1 Å². The van der Waals surface area contributed by atoms with Gasteiger partial charge in [-0.05, 0) is 42.4 Å². The molecule has 0 radical (unpaired) electrons. The second-order valence-corrected chi connectivity index (χ2v) is 8.13. The molecular formula is C23H33NO4. The number of methoxy groups -OCH3 is 2. The number of ether oxygens (including phenoxy) is 2. The number of nitrogens with zero attached hydrogens (tertiary/aromatic N) is 1. The number of aliphatic hydroxyl groups excluding tert-OH is 1. The number of carbonyl (C=O) groups is 1. The fraction of sp³-hybridized carbons (Fsp3) is 0.565. The number of carbonyl (C=O) groups excluding carboxylic acids is 1. The Morgan fingerprint density at radius 3 is 2.50 bits per heavy atom. The quantitative estimate of drug-likeness (QED) is 0.600. The Morgan fingerprint density at radius 1 is 1.18 bits per heavy atom. The summed E-state index contributed by atoms with van der Waals surface area (Å²) in [5.41, 5.74) is 2.10. The molecule has 5 heteroatoms. The van der Waals surface area contributed by atoms with Crippen molar-refractivity contribution in [1.29, 1.82) is 0 Å². The summed E-state index contributed by atoms with van der Waals surface area (Å²) in [4.78, 5) is 17.4. The second kappa shape index (κ2) is 9.76. The number of aliphatic hydroxyl groups is 1. The summed E-state index contributed by atoms with van der Waals surface area (Å²) in [7, 11) is 3.23. The molecule has 0 aromatic heterocycles.